The molecule has 1 fully saturated rings. The molecule has 3 heteroatoms. The molecule has 0 amide bonds. The molecule has 1 aliphatic rings. The highest BCUT2D eigenvalue weighted by atomic mass is 15.3. The summed E-state index contributed by atoms with van der Waals surface area (Å²) in [5, 5.41) is 8.33. The maximum atomic E-state index is 4.54. The van der Waals surface area contributed by atoms with Gasteiger partial charge in [0.25, 0.3) is 0 Å². The van der Waals surface area contributed by atoms with Crippen LogP contribution in [0.4, 0.5) is 5.69 Å². The van der Waals surface area contributed by atoms with Crippen LogP contribution in [-0.4, -0.2) is 15.8 Å². The van der Waals surface area contributed by atoms with Crippen molar-refractivity contribution in [3.8, 4) is 0 Å². The van der Waals surface area contributed by atoms with Gasteiger partial charge in [-0.3, -0.25) is 4.68 Å². The second-order valence-corrected chi connectivity index (χ2v) is 7.02. The Labute approximate surface area is 117 Å². The van der Waals surface area contributed by atoms with Crippen molar-refractivity contribution >= 4 is 5.69 Å². The minimum absolute atomic E-state index is 0.382. The zero-order chi connectivity index (χ0) is 14.0. The van der Waals surface area contributed by atoms with Crippen LogP contribution in [0, 0.1) is 11.3 Å². The molecule has 1 aromatic heterocycles. The van der Waals surface area contributed by atoms with Gasteiger partial charge in [-0.1, -0.05) is 40.5 Å². The standard InChI is InChI=1S/C16H29N3/c1-6-13-15(11-19(5)18-13)17-14-10-8-7-9-12(14)16(2,3)4/h11-12,14,17H,6-10H2,1-5H3. The number of nitrogens with zero attached hydrogens (tertiary/aromatic N) is 2. The summed E-state index contributed by atoms with van der Waals surface area (Å²) in [6, 6.07) is 0.600. The van der Waals surface area contributed by atoms with Gasteiger partial charge in [-0.2, -0.15) is 5.10 Å². The minimum atomic E-state index is 0.382. The Morgan fingerprint density at radius 3 is 2.63 bits per heavy atom. The SMILES string of the molecule is CCc1nn(C)cc1NC1CCCCC1C(C)(C)C. The lowest BCUT2D eigenvalue weighted by molar-refractivity contribution is 0.163. The number of anilines is 1. The zero-order valence-corrected chi connectivity index (χ0v) is 13.2. The summed E-state index contributed by atoms with van der Waals surface area (Å²) in [4.78, 5) is 0. The molecule has 2 atom stereocenters. The fourth-order valence-electron chi connectivity index (χ4n) is 3.46. The van der Waals surface area contributed by atoms with E-state index in [0.717, 1.165) is 12.3 Å². The molecule has 2 rings (SSSR count). The van der Waals surface area contributed by atoms with E-state index in [4.69, 9.17) is 0 Å². The first-order chi connectivity index (χ1) is 8.91. The van der Waals surface area contributed by atoms with Crippen LogP contribution in [0.2, 0.25) is 0 Å². The molecule has 0 aromatic carbocycles. The van der Waals surface area contributed by atoms with Crippen molar-refractivity contribution in [1.82, 2.24) is 9.78 Å². The van der Waals surface area contributed by atoms with Gasteiger partial charge < -0.3 is 5.32 Å². The Morgan fingerprint density at radius 2 is 2.00 bits per heavy atom. The Bertz CT molecular complexity index is 414. The van der Waals surface area contributed by atoms with E-state index < -0.39 is 0 Å². The number of rotatable bonds is 3. The highest BCUT2D eigenvalue weighted by Gasteiger charge is 2.34. The summed E-state index contributed by atoms with van der Waals surface area (Å²) in [6.07, 6.45) is 8.51. The van der Waals surface area contributed by atoms with Crippen molar-refractivity contribution < 1.29 is 0 Å². The Hall–Kier alpha value is -0.990. The lowest BCUT2D eigenvalue weighted by Crippen LogP contribution is -2.39. The predicted molar refractivity (Wildman–Crippen MR) is 81.4 cm³/mol. The maximum absolute atomic E-state index is 4.54. The smallest absolute Gasteiger partial charge is 0.0853 e. The van der Waals surface area contributed by atoms with E-state index in [2.05, 4.69) is 44.3 Å². The van der Waals surface area contributed by atoms with Crippen molar-refractivity contribution in [3.63, 3.8) is 0 Å². The Balaban J connectivity index is 2.15. The third-order valence-electron chi connectivity index (χ3n) is 4.46. The molecular weight excluding hydrogens is 234 g/mol. The van der Waals surface area contributed by atoms with Crippen LogP contribution in [0.1, 0.15) is 59.1 Å². The van der Waals surface area contributed by atoms with Gasteiger partial charge in [-0.15, -0.1) is 0 Å². The molecule has 1 aromatic rings. The third-order valence-corrected chi connectivity index (χ3v) is 4.46. The molecule has 0 spiro atoms. The number of hydrogen-bond donors (Lipinski definition) is 1. The molecule has 0 saturated heterocycles. The van der Waals surface area contributed by atoms with Crippen LogP contribution in [0.25, 0.3) is 0 Å². The van der Waals surface area contributed by atoms with E-state index in [-0.39, 0.29) is 0 Å². The van der Waals surface area contributed by atoms with Crippen molar-refractivity contribution in [2.75, 3.05) is 5.32 Å². The topological polar surface area (TPSA) is 29.9 Å². The molecule has 0 aliphatic heterocycles. The summed E-state index contributed by atoms with van der Waals surface area (Å²) in [7, 11) is 2.01. The quantitative estimate of drug-likeness (QED) is 0.893. The summed E-state index contributed by atoms with van der Waals surface area (Å²) >= 11 is 0. The summed E-state index contributed by atoms with van der Waals surface area (Å²) in [5.41, 5.74) is 2.82. The molecule has 108 valence electrons. The van der Waals surface area contributed by atoms with Gasteiger partial charge in [-0.25, -0.2) is 0 Å². The van der Waals surface area contributed by atoms with E-state index in [1.54, 1.807) is 0 Å². The lowest BCUT2D eigenvalue weighted by atomic mass is 9.69. The highest BCUT2D eigenvalue weighted by Crippen LogP contribution is 2.39. The van der Waals surface area contributed by atoms with Crippen LogP contribution in [0.3, 0.4) is 0 Å². The van der Waals surface area contributed by atoms with Crippen LogP contribution in [0.15, 0.2) is 6.20 Å². The first-order valence-electron chi connectivity index (χ1n) is 7.71. The average molecular weight is 263 g/mol. The number of aryl methyl sites for hydroxylation is 2. The van der Waals surface area contributed by atoms with Crippen molar-refractivity contribution in [1.29, 1.82) is 0 Å². The summed E-state index contributed by atoms with van der Waals surface area (Å²) < 4.78 is 1.93. The first-order valence-corrected chi connectivity index (χ1v) is 7.71. The van der Waals surface area contributed by atoms with Gasteiger partial charge in [-0.05, 0) is 30.6 Å². The third kappa shape index (κ3) is 3.31. The largest absolute Gasteiger partial charge is 0.379 e. The normalized spacial score (nSPS) is 24.5. The minimum Gasteiger partial charge on any atom is -0.379 e. The molecule has 2 unspecified atom stereocenters. The monoisotopic (exact) mass is 263 g/mol. The van der Waals surface area contributed by atoms with Gasteiger partial charge >= 0.3 is 0 Å². The molecule has 0 bridgehead atoms. The Kier molecular flexibility index (Phi) is 4.22. The predicted octanol–water partition coefficient (Wildman–Crippen LogP) is 4.00. The van der Waals surface area contributed by atoms with Crippen LogP contribution in [-0.2, 0) is 13.5 Å². The molecule has 0 radical (unpaired) electrons. The molecular formula is C16H29N3. The molecule has 1 aliphatic carbocycles. The average Bonchev–Trinajstić information content (AvgIpc) is 2.69. The Morgan fingerprint density at radius 1 is 1.32 bits per heavy atom. The lowest BCUT2D eigenvalue weighted by Gasteiger charge is -2.41. The summed E-state index contributed by atoms with van der Waals surface area (Å²) in [5.74, 6) is 0.756. The second-order valence-electron chi connectivity index (χ2n) is 7.02. The van der Waals surface area contributed by atoms with E-state index in [9.17, 15) is 0 Å². The molecule has 3 nitrogen and oxygen atoms in total. The first kappa shape index (κ1) is 14.4. The van der Waals surface area contributed by atoms with Crippen LogP contribution < -0.4 is 5.32 Å². The highest BCUT2D eigenvalue weighted by molar-refractivity contribution is 5.47. The van der Waals surface area contributed by atoms with E-state index in [1.165, 1.54) is 37.1 Å². The number of nitrogens with one attached hydrogen (secondary N) is 1. The van der Waals surface area contributed by atoms with E-state index in [0.29, 0.717) is 11.5 Å². The van der Waals surface area contributed by atoms with E-state index in [1.807, 2.05) is 11.7 Å². The van der Waals surface area contributed by atoms with Gasteiger partial charge in [0.15, 0.2) is 0 Å². The van der Waals surface area contributed by atoms with Crippen molar-refractivity contribution in [2.45, 2.75) is 65.8 Å². The fraction of sp³-hybridized carbons (Fsp3) is 0.812. The molecule has 1 saturated carbocycles. The zero-order valence-electron chi connectivity index (χ0n) is 13.2. The summed E-state index contributed by atoms with van der Waals surface area (Å²) in [6.45, 7) is 9.31. The number of hydrogen-bond acceptors (Lipinski definition) is 2. The van der Waals surface area contributed by atoms with E-state index >= 15 is 0 Å². The van der Waals surface area contributed by atoms with Gasteiger partial charge in [0.2, 0.25) is 0 Å². The van der Waals surface area contributed by atoms with Crippen molar-refractivity contribution in [2.24, 2.45) is 18.4 Å². The molecule has 1 N–H and O–H groups in total. The molecule has 19 heavy (non-hydrogen) atoms. The maximum Gasteiger partial charge on any atom is 0.0853 e. The van der Waals surface area contributed by atoms with Gasteiger partial charge in [0.1, 0.15) is 0 Å². The second kappa shape index (κ2) is 5.56. The fourth-order valence-corrected chi connectivity index (χ4v) is 3.46. The van der Waals surface area contributed by atoms with Gasteiger partial charge in [0.05, 0.1) is 11.4 Å². The molecule has 1 heterocycles. The van der Waals surface area contributed by atoms with Gasteiger partial charge in [0, 0.05) is 19.3 Å². The number of aromatic nitrogens is 2. The van der Waals surface area contributed by atoms with Crippen LogP contribution >= 0.6 is 0 Å². The van der Waals surface area contributed by atoms with Crippen molar-refractivity contribution in [3.05, 3.63) is 11.9 Å². The van der Waals surface area contributed by atoms with Crippen LogP contribution in [0.5, 0.6) is 0 Å².